The molecule has 1 heterocycles. The highest BCUT2D eigenvalue weighted by atomic mass is 16.5. The summed E-state index contributed by atoms with van der Waals surface area (Å²) in [6, 6.07) is 7.23. The third-order valence-corrected chi connectivity index (χ3v) is 2.94. The van der Waals surface area contributed by atoms with Crippen LogP contribution in [0.15, 0.2) is 29.1 Å². The van der Waals surface area contributed by atoms with Crippen LogP contribution in [0.2, 0.25) is 0 Å². The minimum atomic E-state index is -0.617. The van der Waals surface area contributed by atoms with Gasteiger partial charge in [0, 0.05) is 0 Å². The number of benzene rings is 1. The number of para-hydroxylation sites is 2. The van der Waals surface area contributed by atoms with Crippen LogP contribution in [0.25, 0.3) is 11.0 Å². The Balaban J connectivity index is 2.51. The molecule has 1 atom stereocenters. The van der Waals surface area contributed by atoms with E-state index in [4.69, 9.17) is 4.74 Å². The molecule has 1 N–H and O–H groups in total. The van der Waals surface area contributed by atoms with Crippen LogP contribution in [-0.2, 0) is 9.53 Å². The predicted octanol–water partition coefficient (Wildman–Crippen LogP) is 1.98. The molecule has 1 aromatic carbocycles. The molecule has 0 spiro atoms. The molecule has 0 radical (unpaired) electrons. The molecule has 2 aromatic rings. The summed E-state index contributed by atoms with van der Waals surface area (Å²) in [5.74, 6) is -1.02. The number of aromatic nitrogens is 2. The van der Waals surface area contributed by atoms with Gasteiger partial charge in [0.2, 0.25) is 0 Å². The van der Waals surface area contributed by atoms with Gasteiger partial charge >= 0.3 is 5.97 Å². The van der Waals surface area contributed by atoms with Crippen LogP contribution in [0.4, 0.5) is 0 Å². The first kappa shape index (κ1) is 13.3. The van der Waals surface area contributed by atoms with Crippen LogP contribution in [0.3, 0.4) is 0 Å². The zero-order valence-corrected chi connectivity index (χ0v) is 11.0. The molecular formula is C14H16N2O3. The van der Waals surface area contributed by atoms with Gasteiger partial charge in [0.15, 0.2) is 0 Å². The first-order valence-electron chi connectivity index (χ1n) is 6.33. The molecule has 1 aromatic heterocycles. The molecule has 19 heavy (non-hydrogen) atoms. The number of rotatable bonds is 4. The fraction of sp³-hybridized carbons (Fsp3) is 0.357. The SMILES string of the molecule is CCOC(=O)C(CC)c1nc2ccccc2[nH]c1=O. The van der Waals surface area contributed by atoms with Crippen molar-refractivity contribution >= 4 is 17.0 Å². The van der Waals surface area contributed by atoms with Crippen LogP contribution < -0.4 is 5.56 Å². The van der Waals surface area contributed by atoms with Gasteiger partial charge in [0.1, 0.15) is 11.6 Å². The topological polar surface area (TPSA) is 72.0 Å². The molecule has 0 saturated heterocycles. The molecular weight excluding hydrogens is 244 g/mol. The molecule has 100 valence electrons. The maximum absolute atomic E-state index is 12.0. The van der Waals surface area contributed by atoms with E-state index in [0.717, 1.165) is 0 Å². The van der Waals surface area contributed by atoms with Crippen molar-refractivity contribution in [1.82, 2.24) is 9.97 Å². The summed E-state index contributed by atoms with van der Waals surface area (Å²) >= 11 is 0. The van der Waals surface area contributed by atoms with Crippen LogP contribution >= 0.6 is 0 Å². The van der Waals surface area contributed by atoms with Crippen LogP contribution in [0, 0.1) is 0 Å². The van der Waals surface area contributed by atoms with Gasteiger partial charge in [-0.2, -0.15) is 0 Å². The second-order valence-corrected chi connectivity index (χ2v) is 4.18. The monoisotopic (exact) mass is 260 g/mol. The van der Waals surface area contributed by atoms with E-state index >= 15 is 0 Å². The molecule has 0 amide bonds. The molecule has 0 aliphatic rings. The lowest BCUT2D eigenvalue weighted by atomic mass is 10.0. The summed E-state index contributed by atoms with van der Waals surface area (Å²) < 4.78 is 4.98. The number of carbonyl (C=O) groups excluding carboxylic acids is 1. The van der Waals surface area contributed by atoms with Crippen molar-refractivity contribution in [2.45, 2.75) is 26.2 Å². The van der Waals surface area contributed by atoms with Crippen molar-refractivity contribution < 1.29 is 9.53 Å². The third-order valence-electron chi connectivity index (χ3n) is 2.94. The van der Waals surface area contributed by atoms with Crippen LogP contribution in [0.5, 0.6) is 0 Å². The summed E-state index contributed by atoms with van der Waals surface area (Å²) in [6.45, 7) is 3.86. The number of hydrogen-bond acceptors (Lipinski definition) is 4. The Labute approximate surface area is 110 Å². The average molecular weight is 260 g/mol. The summed E-state index contributed by atoms with van der Waals surface area (Å²) in [7, 11) is 0. The maximum atomic E-state index is 12.0. The normalized spacial score (nSPS) is 12.3. The van der Waals surface area contributed by atoms with Gasteiger partial charge in [-0.25, -0.2) is 4.98 Å². The van der Waals surface area contributed by atoms with Gasteiger partial charge in [-0.3, -0.25) is 9.59 Å². The van der Waals surface area contributed by atoms with E-state index < -0.39 is 11.9 Å². The zero-order valence-electron chi connectivity index (χ0n) is 11.0. The Hall–Kier alpha value is -2.17. The van der Waals surface area contributed by atoms with Gasteiger partial charge in [0.25, 0.3) is 5.56 Å². The lowest BCUT2D eigenvalue weighted by Gasteiger charge is -2.12. The van der Waals surface area contributed by atoms with Gasteiger partial charge < -0.3 is 9.72 Å². The molecule has 0 aliphatic carbocycles. The smallest absolute Gasteiger partial charge is 0.315 e. The number of aromatic amines is 1. The standard InChI is InChI=1S/C14H16N2O3/c1-3-9(14(18)19-4-2)12-13(17)16-11-8-6-5-7-10(11)15-12/h5-9H,3-4H2,1-2H3,(H,16,17). The third kappa shape index (κ3) is 2.65. The summed E-state index contributed by atoms with van der Waals surface area (Å²) in [5, 5.41) is 0. The Morgan fingerprint density at radius 2 is 2.11 bits per heavy atom. The number of H-pyrrole nitrogens is 1. The number of esters is 1. The van der Waals surface area contributed by atoms with Crippen LogP contribution in [-0.4, -0.2) is 22.5 Å². The van der Waals surface area contributed by atoms with Crippen molar-refractivity contribution in [2.75, 3.05) is 6.61 Å². The minimum Gasteiger partial charge on any atom is -0.465 e. The molecule has 0 bridgehead atoms. The number of fused-ring (bicyclic) bond motifs is 1. The number of nitrogens with one attached hydrogen (secondary N) is 1. The van der Waals surface area contributed by atoms with Crippen LogP contribution in [0.1, 0.15) is 31.9 Å². The largest absolute Gasteiger partial charge is 0.465 e. The Morgan fingerprint density at radius 1 is 1.37 bits per heavy atom. The highest BCUT2D eigenvalue weighted by molar-refractivity contribution is 5.79. The van der Waals surface area contributed by atoms with E-state index in [-0.39, 0.29) is 11.3 Å². The fourth-order valence-electron chi connectivity index (χ4n) is 1.99. The zero-order chi connectivity index (χ0) is 13.8. The highest BCUT2D eigenvalue weighted by Crippen LogP contribution is 2.18. The lowest BCUT2D eigenvalue weighted by molar-refractivity contribution is -0.145. The van der Waals surface area contributed by atoms with E-state index in [9.17, 15) is 9.59 Å². The molecule has 0 saturated carbocycles. The predicted molar refractivity (Wildman–Crippen MR) is 72.0 cm³/mol. The highest BCUT2D eigenvalue weighted by Gasteiger charge is 2.24. The lowest BCUT2D eigenvalue weighted by Crippen LogP contribution is -2.25. The first-order chi connectivity index (χ1) is 9.17. The molecule has 0 aliphatic heterocycles. The minimum absolute atomic E-state index is 0.222. The summed E-state index contributed by atoms with van der Waals surface area (Å²) in [4.78, 5) is 30.9. The molecule has 5 nitrogen and oxygen atoms in total. The second-order valence-electron chi connectivity index (χ2n) is 4.18. The van der Waals surface area contributed by atoms with E-state index in [0.29, 0.717) is 24.1 Å². The molecule has 2 rings (SSSR count). The molecule has 5 heteroatoms. The summed E-state index contributed by atoms with van der Waals surface area (Å²) in [5.41, 5.74) is 1.22. The van der Waals surface area contributed by atoms with Crippen molar-refractivity contribution in [1.29, 1.82) is 0 Å². The Bertz CT molecular complexity index is 648. The average Bonchev–Trinajstić information content (AvgIpc) is 2.40. The number of nitrogens with zero attached hydrogens (tertiary/aromatic N) is 1. The summed E-state index contributed by atoms with van der Waals surface area (Å²) in [6.07, 6.45) is 0.479. The quantitative estimate of drug-likeness (QED) is 0.853. The van der Waals surface area contributed by atoms with Crippen molar-refractivity contribution in [3.63, 3.8) is 0 Å². The van der Waals surface area contributed by atoms with Gasteiger partial charge in [-0.15, -0.1) is 0 Å². The van der Waals surface area contributed by atoms with Gasteiger partial charge in [-0.05, 0) is 25.5 Å². The number of ether oxygens (including phenoxy) is 1. The Morgan fingerprint density at radius 3 is 2.79 bits per heavy atom. The maximum Gasteiger partial charge on any atom is 0.315 e. The van der Waals surface area contributed by atoms with Gasteiger partial charge in [0.05, 0.1) is 17.6 Å². The Kier molecular flexibility index (Phi) is 3.94. The van der Waals surface area contributed by atoms with E-state index in [1.165, 1.54) is 0 Å². The van der Waals surface area contributed by atoms with Crippen molar-refractivity contribution in [3.8, 4) is 0 Å². The first-order valence-corrected chi connectivity index (χ1v) is 6.33. The van der Waals surface area contributed by atoms with E-state index in [1.54, 1.807) is 19.1 Å². The fourth-order valence-corrected chi connectivity index (χ4v) is 1.99. The van der Waals surface area contributed by atoms with Gasteiger partial charge in [-0.1, -0.05) is 19.1 Å². The second kappa shape index (κ2) is 5.65. The molecule has 0 fully saturated rings. The van der Waals surface area contributed by atoms with E-state index in [1.807, 2.05) is 19.1 Å². The number of hydrogen-bond donors (Lipinski definition) is 1. The number of carbonyl (C=O) groups is 1. The van der Waals surface area contributed by atoms with Crippen molar-refractivity contribution in [3.05, 3.63) is 40.3 Å². The van der Waals surface area contributed by atoms with Crippen molar-refractivity contribution in [2.24, 2.45) is 0 Å². The van der Waals surface area contributed by atoms with E-state index in [2.05, 4.69) is 9.97 Å². The molecule has 1 unspecified atom stereocenters.